The topological polar surface area (TPSA) is 32.3 Å². The molecule has 0 aromatic heterocycles. The average Bonchev–Trinajstić information content (AvgIpc) is 2.47. The molecule has 2 aromatic carbocycles. The van der Waals surface area contributed by atoms with E-state index < -0.39 is 5.60 Å². The first-order valence-corrected chi connectivity index (χ1v) is 7.13. The van der Waals surface area contributed by atoms with Crippen molar-refractivity contribution in [3.05, 3.63) is 71.8 Å². The fraction of sp³-hybridized carbons (Fsp3) is 0.333. The fourth-order valence-electron chi connectivity index (χ4n) is 2.31. The zero-order chi connectivity index (χ0) is 14.4. The van der Waals surface area contributed by atoms with Crippen molar-refractivity contribution in [3.8, 4) is 0 Å². The number of hydrogen-bond acceptors (Lipinski definition) is 2. The van der Waals surface area contributed by atoms with E-state index >= 15 is 0 Å². The van der Waals surface area contributed by atoms with Gasteiger partial charge >= 0.3 is 0 Å². The van der Waals surface area contributed by atoms with Crippen LogP contribution >= 0.6 is 0 Å². The molecule has 2 atom stereocenters. The molecule has 0 radical (unpaired) electrons. The molecule has 2 nitrogen and oxygen atoms in total. The van der Waals surface area contributed by atoms with Crippen LogP contribution in [-0.4, -0.2) is 17.7 Å². The van der Waals surface area contributed by atoms with E-state index in [0.717, 1.165) is 12.0 Å². The first-order valence-electron chi connectivity index (χ1n) is 7.13. The number of hydrogen-bond donors (Lipinski definition) is 2. The molecule has 0 saturated carbocycles. The Morgan fingerprint density at radius 1 is 1.00 bits per heavy atom. The van der Waals surface area contributed by atoms with Gasteiger partial charge in [-0.1, -0.05) is 60.7 Å². The van der Waals surface area contributed by atoms with Crippen LogP contribution in [0.3, 0.4) is 0 Å². The van der Waals surface area contributed by atoms with Crippen LogP contribution < -0.4 is 5.32 Å². The van der Waals surface area contributed by atoms with Crippen molar-refractivity contribution in [3.63, 3.8) is 0 Å². The summed E-state index contributed by atoms with van der Waals surface area (Å²) in [5, 5.41) is 14.0. The third-order valence-corrected chi connectivity index (χ3v) is 3.58. The number of rotatable bonds is 6. The Kier molecular flexibility index (Phi) is 4.94. The van der Waals surface area contributed by atoms with E-state index in [1.807, 2.05) is 43.3 Å². The standard InChI is InChI=1S/C18H23NO/c1-15(13-16-9-5-3-6-10-16)19-14-18(2,20)17-11-7-4-8-12-17/h3-12,15,19-20H,13-14H2,1-2H3/t15-,18+/m1/s1. The van der Waals surface area contributed by atoms with Crippen molar-refractivity contribution in [2.24, 2.45) is 0 Å². The van der Waals surface area contributed by atoms with Gasteiger partial charge in [-0.2, -0.15) is 0 Å². The van der Waals surface area contributed by atoms with Gasteiger partial charge in [0.2, 0.25) is 0 Å². The van der Waals surface area contributed by atoms with Crippen molar-refractivity contribution in [2.75, 3.05) is 6.54 Å². The SMILES string of the molecule is C[C@H](Cc1ccccc1)NC[C@](C)(O)c1ccccc1. The Balaban J connectivity index is 1.88. The van der Waals surface area contributed by atoms with Gasteiger partial charge in [-0.05, 0) is 31.4 Å². The highest BCUT2D eigenvalue weighted by molar-refractivity contribution is 5.22. The van der Waals surface area contributed by atoms with Gasteiger partial charge in [0.15, 0.2) is 0 Å². The van der Waals surface area contributed by atoms with Gasteiger partial charge < -0.3 is 10.4 Å². The van der Waals surface area contributed by atoms with E-state index in [0.29, 0.717) is 12.6 Å². The number of aliphatic hydroxyl groups is 1. The lowest BCUT2D eigenvalue weighted by molar-refractivity contribution is 0.0544. The number of nitrogens with one attached hydrogen (secondary N) is 1. The summed E-state index contributed by atoms with van der Waals surface area (Å²) in [6.07, 6.45) is 0.964. The van der Waals surface area contributed by atoms with Gasteiger partial charge in [0.1, 0.15) is 0 Å². The third-order valence-electron chi connectivity index (χ3n) is 3.58. The molecule has 2 heteroatoms. The summed E-state index contributed by atoms with van der Waals surface area (Å²) in [7, 11) is 0. The molecule has 2 N–H and O–H groups in total. The smallest absolute Gasteiger partial charge is 0.0992 e. The molecular formula is C18H23NO. The molecule has 106 valence electrons. The highest BCUT2D eigenvalue weighted by atomic mass is 16.3. The maximum Gasteiger partial charge on any atom is 0.0992 e. The monoisotopic (exact) mass is 269 g/mol. The zero-order valence-corrected chi connectivity index (χ0v) is 12.2. The minimum absolute atomic E-state index is 0.326. The van der Waals surface area contributed by atoms with Gasteiger partial charge in [-0.15, -0.1) is 0 Å². The quantitative estimate of drug-likeness (QED) is 0.844. The van der Waals surface area contributed by atoms with Crippen LogP contribution in [0.4, 0.5) is 0 Å². The van der Waals surface area contributed by atoms with Gasteiger partial charge in [0.05, 0.1) is 5.60 Å². The summed E-state index contributed by atoms with van der Waals surface area (Å²) < 4.78 is 0. The molecule has 0 saturated heterocycles. The van der Waals surface area contributed by atoms with Gasteiger partial charge in [-0.25, -0.2) is 0 Å². The van der Waals surface area contributed by atoms with Crippen molar-refractivity contribution in [1.82, 2.24) is 5.32 Å². The summed E-state index contributed by atoms with van der Waals surface area (Å²) in [6.45, 7) is 4.55. The van der Waals surface area contributed by atoms with E-state index in [9.17, 15) is 5.11 Å². The Bertz CT molecular complexity index is 507. The summed E-state index contributed by atoms with van der Waals surface area (Å²) in [6, 6.07) is 20.5. The Hall–Kier alpha value is -1.64. The molecule has 0 bridgehead atoms. The normalized spacial score (nSPS) is 15.6. The lowest BCUT2D eigenvalue weighted by atomic mass is 9.95. The van der Waals surface area contributed by atoms with E-state index in [2.05, 4.69) is 36.5 Å². The molecule has 0 spiro atoms. The molecule has 2 aromatic rings. The highest BCUT2D eigenvalue weighted by Crippen LogP contribution is 2.19. The zero-order valence-electron chi connectivity index (χ0n) is 12.2. The molecule has 0 unspecified atom stereocenters. The summed E-state index contributed by atoms with van der Waals surface area (Å²) in [5.74, 6) is 0. The van der Waals surface area contributed by atoms with E-state index in [1.165, 1.54) is 5.56 Å². The minimum atomic E-state index is -0.841. The predicted octanol–water partition coefficient (Wildman–Crippen LogP) is 3.11. The van der Waals surface area contributed by atoms with E-state index in [1.54, 1.807) is 0 Å². The Morgan fingerprint density at radius 2 is 1.55 bits per heavy atom. The van der Waals surface area contributed by atoms with Crippen molar-refractivity contribution in [2.45, 2.75) is 31.9 Å². The van der Waals surface area contributed by atoms with E-state index in [-0.39, 0.29) is 0 Å². The lowest BCUT2D eigenvalue weighted by Crippen LogP contribution is -2.40. The first-order chi connectivity index (χ1) is 9.58. The average molecular weight is 269 g/mol. The molecule has 0 amide bonds. The maximum atomic E-state index is 10.5. The van der Waals surface area contributed by atoms with Crippen LogP contribution in [0.15, 0.2) is 60.7 Å². The molecule has 0 heterocycles. The first kappa shape index (κ1) is 14.8. The fourth-order valence-corrected chi connectivity index (χ4v) is 2.31. The van der Waals surface area contributed by atoms with Crippen LogP contribution in [0.2, 0.25) is 0 Å². The summed E-state index contributed by atoms with van der Waals surface area (Å²) in [5.41, 5.74) is 1.41. The van der Waals surface area contributed by atoms with Crippen LogP contribution in [-0.2, 0) is 12.0 Å². The second kappa shape index (κ2) is 6.69. The highest BCUT2D eigenvalue weighted by Gasteiger charge is 2.22. The molecule has 0 aliphatic rings. The van der Waals surface area contributed by atoms with Gasteiger partial charge in [0, 0.05) is 12.6 Å². The Morgan fingerprint density at radius 3 is 2.15 bits per heavy atom. The van der Waals surface area contributed by atoms with Crippen LogP contribution in [0.25, 0.3) is 0 Å². The molecule has 0 aliphatic heterocycles. The summed E-state index contributed by atoms with van der Waals surface area (Å²) in [4.78, 5) is 0. The second-order valence-electron chi connectivity index (χ2n) is 5.61. The predicted molar refractivity (Wildman–Crippen MR) is 83.6 cm³/mol. The minimum Gasteiger partial charge on any atom is -0.384 e. The lowest BCUT2D eigenvalue weighted by Gasteiger charge is -2.26. The van der Waals surface area contributed by atoms with Gasteiger partial charge in [0.25, 0.3) is 0 Å². The molecular weight excluding hydrogens is 246 g/mol. The maximum absolute atomic E-state index is 10.5. The Labute approximate surface area is 121 Å². The van der Waals surface area contributed by atoms with Crippen LogP contribution in [0.5, 0.6) is 0 Å². The van der Waals surface area contributed by atoms with Crippen LogP contribution in [0, 0.1) is 0 Å². The van der Waals surface area contributed by atoms with Crippen LogP contribution in [0.1, 0.15) is 25.0 Å². The van der Waals surface area contributed by atoms with Crippen molar-refractivity contribution in [1.29, 1.82) is 0 Å². The molecule has 0 aliphatic carbocycles. The van der Waals surface area contributed by atoms with Crippen molar-refractivity contribution < 1.29 is 5.11 Å². The molecule has 2 rings (SSSR count). The second-order valence-corrected chi connectivity index (χ2v) is 5.61. The summed E-state index contributed by atoms with van der Waals surface area (Å²) >= 11 is 0. The van der Waals surface area contributed by atoms with Gasteiger partial charge in [-0.3, -0.25) is 0 Å². The van der Waals surface area contributed by atoms with Crippen molar-refractivity contribution >= 4 is 0 Å². The largest absolute Gasteiger partial charge is 0.384 e. The molecule has 0 fully saturated rings. The van der Waals surface area contributed by atoms with E-state index in [4.69, 9.17) is 0 Å². The number of benzene rings is 2. The third kappa shape index (κ3) is 4.19. The molecule has 20 heavy (non-hydrogen) atoms.